The third kappa shape index (κ3) is 7.07. The molecule has 23 heavy (non-hydrogen) atoms. The van der Waals surface area contributed by atoms with Crippen molar-refractivity contribution < 1.29 is 0 Å². The molecule has 2 heterocycles. The van der Waals surface area contributed by atoms with Crippen LogP contribution in [-0.4, -0.2) is 59.2 Å². The molecule has 0 aromatic carbocycles. The van der Waals surface area contributed by atoms with Crippen molar-refractivity contribution in [2.45, 2.75) is 51.7 Å². The van der Waals surface area contributed by atoms with Crippen LogP contribution in [0, 0.1) is 0 Å². The van der Waals surface area contributed by atoms with E-state index in [0.29, 0.717) is 12.1 Å². The Labute approximate surface area is 157 Å². The van der Waals surface area contributed by atoms with Gasteiger partial charge in [0, 0.05) is 57.7 Å². The maximum atomic E-state index is 4.33. The third-order valence-corrected chi connectivity index (χ3v) is 4.27. The van der Waals surface area contributed by atoms with Crippen LogP contribution < -0.4 is 10.6 Å². The van der Waals surface area contributed by atoms with Gasteiger partial charge in [0.25, 0.3) is 0 Å². The molecule has 1 aromatic rings. The van der Waals surface area contributed by atoms with Gasteiger partial charge in [-0.15, -0.1) is 24.0 Å². The van der Waals surface area contributed by atoms with Crippen molar-refractivity contribution in [2.75, 3.05) is 26.7 Å². The minimum Gasteiger partial charge on any atom is -0.356 e. The summed E-state index contributed by atoms with van der Waals surface area (Å²) in [6.07, 6.45) is 9.10. The highest BCUT2D eigenvalue weighted by atomic mass is 127. The Balaban J connectivity index is 0.00000264. The van der Waals surface area contributed by atoms with Crippen LogP contribution in [0.3, 0.4) is 0 Å². The van der Waals surface area contributed by atoms with Crippen LogP contribution in [0.1, 0.15) is 33.1 Å². The summed E-state index contributed by atoms with van der Waals surface area (Å²) in [4.78, 5) is 10.9. The second-order valence-electron chi connectivity index (χ2n) is 6.20. The summed E-state index contributed by atoms with van der Waals surface area (Å²) in [5, 5.41) is 6.96. The van der Waals surface area contributed by atoms with Gasteiger partial charge in [0.2, 0.25) is 0 Å². The molecule has 1 aliphatic rings. The van der Waals surface area contributed by atoms with Gasteiger partial charge in [-0.2, -0.15) is 0 Å². The molecule has 0 saturated carbocycles. The number of nitrogens with one attached hydrogen (secondary N) is 2. The van der Waals surface area contributed by atoms with E-state index >= 15 is 0 Å². The number of aliphatic imine (C=N–C) groups is 1. The molecule has 1 aromatic heterocycles. The summed E-state index contributed by atoms with van der Waals surface area (Å²) < 4.78 is 2.10. The number of hydrogen-bond donors (Lipinski definition) is 2. The first-order valence-electron chi connectivity index (χ1n) is 8.36. The molecule has 1 aliphatic heterocycles. The molecule has 7 heteroatoms. The number of imidazole rings is 1. The molecule has 2 rings (SSSR count). The molecule has 1 fully saturated rings. The number of aromatic nitrogens is 2. The Hall–Kier alpha value is -0.830. The van der Waals surface area contributed by atoms with Crippen molar-refractivity contribution in [1.82, 2.24) is 25.1 Å². The van der Waals surface area contributed by atoms with Gasteiger partial charge >= 0.3 is 0 Å². The van der Waals surface area contributed by atoms with Crippen molar-refractivity contribution in [1.29, 1.82) is 0 Å². The zero-order valence-electron chi connectivity index (χ0n) is 14.5. The fourth-order valence-electron chi connectivity index (χ4n) is 2.84. The average molecular weight is 434 g/mol. The summed E-state index contributed by atoms with van der Waals surface area (Å²) in [7, 11) is 1.84. The van der Waals surface area contributed by atoms with Crippen molar-refractivity contribution >= 4 is 29.9 Å². The van der Waals surface area contributed by atoms with E-state index in [1.165, 1.54) is 25.9 Å². The van der Waals surface area contributed by atoms with Crippen molar-refractivity contribution in [3.05, 3.63) is 18.7 Å². The zero-order chi connectivity index (χ0) is 15.8. The fraction of sp³-hybridized carbons (Fsp3) is 0.750. The first kappa shape index (κ1) is 20.2. The lowest BCUT2D eigenvalue weighted by atomic mass is 10.0. The number of hydrogen-bond acceptors (Lipinski definition) is 3. The molecular weight excluding hydrogens is 403 g/mol. The number of piperidine rings is 1. The van der Waals surface area contributed by atoms with Crippen LogP contribution in [0.5, 0.6) is 0 Å². The monoisotopic (exact) mass is 434 g/mol. The third-order valence-electron chi connectivity index (χ3n) is 4.27. The number of guanidine groups is 1. The lowest BCUT2D eigenvalue weighted by Gasteiger charge is -2.35. The Morgan fingerprint density at radius 2 is 2.09 bits per heavy atom. The number of nitrogens with zero attached hydrogens (tertiary/aromatic N) is 4. The number of rotatable bonds is 6. The van der Waals surface area contributed by atoms with Crippen LogP contribution in [0.4, 0.5) is 0 Å². The predicted octanol–water partition coefficient (Wildman–Crippen LogP) is 1.93. The summed E-state index contributed by atoms with van der Waals surface area (Å²) in [5.41, 5.74) is 0. The maximum absolute atomic E-state index is 4.33. The van der Waals surface area contributed by atoms with Crippen LogP contribution in [0.2, 0.25) is 0 Å². The lowest BCUT2D eigenvalue weighted by Crippen LogP contribution is -2.50. The summed E-state index contributed by atoms with van der Waals surface area (Å²) >= 11 is 0. The minimum atomic E-state index is 0. The second kappa shape index (κ2) is 10.9. The molecule has 0 spiro atoms. The van der Waals surface area contributed by atoms with Gasteiger partial charge in [-0.05, 0) is 33.1 Å². The summed E-state index contributed by atoms with van der Waals surface area (Å²) in [6.45, 7) is 8.79. The fourth-order valence-corrected chi connectivity index (χ4v) is 2.84. The molecule has 0 aliphatic carbocycles. The largest absolute Gasteiger partial charge is 0.356 e. The number of aryl methyl sites for hydroxylation is 1. The molecule has 132 valence electrons. The van der Waals surface area contributed by atoms with Gasteiger partial charge in [-0.3, -0.25) is 4.99 Å². The van der Waals surface area contributed by atoms with Gasteiger partial charge < -0.3 is 20.1 Å². The highest BCUT2D eigenvalue weighted by Crippen LogP contribution is 2.12. The van der Waals surface area contributed by atoms with Gasteiger partial charge in [0.1, 0.15) is 0 Å². The molecular formula is C16H31IN6. The molecule has 1 saturated heterocycles. The van der Waals surface area contributed by atoms with Crippen molar-refractivity contribution in [2.24, 2.45) is 4.99 Å². The smallest absolute Gasteiger partial charge is 0.191 e. The van der Waals surface area contributed by atoms with Crippen LogP contribution >= 0.6 is 24.0 Å². The van der Waals surface area contributed by atoms with E-state index in [9.17, 15) is 0 Å². The first-order chi connectivity index (χ1) is 10.7. The molecule has 0 amide bonds. The zero-order valence-corrected chi connectivity index (χ0v) is 16.9. The Morgan fingerprint density at radius 1 is 1.35 bits per heavy atom. The molecule has 0 radical (unpaired) electrons. The highest BCUT2D eigenvalue weighted by Gasteiger charge is 2.21. The van der Waals surface area contributed by atoms with Gasteiger partial charge in [0.05, 0.1) is 6.33 Å². The standard InChI is InChI=1S/C16H30N6.HI/c1-14(2)22-10-5-15(6-11-22)20-16(17-3)19-7-4-9-21-12-8-18-13-21;/h8,12-15H,4-7,9-11H2,1-3H3,(H2,17,19,20);1H. The number of halogens is 1. The maximum Gasteiger partial charge on any atom is 0.191 e. The quantitative estimate of drug-likeness (QED) is 0.311. The Morgan fingerprint density at radius 3 is 2.65 bits per heavy atom. The van der Waals surface area contributed by atoms with Crippen molar-refractivity contribution in [3.8, 4) is 0 Å². The van der Waals surface area contributed by atoms with Gasteiger partial charge in [-0.25, -0.2) is 4.98 Å². The normalized spacial score (nSPS) is 17.1. The first-order valence-corrected chi connectivity index (χ1v) is 8.36. The number of likely N-dealkylation sites (tertiary alicyclic amines) is 1. The van der Waals surface area contributed by atoms with E-state index in [-0.39, 0.29) is 24.0 Å². The van der Waals surface area contributed by atoms with E-state index in [4.69, 9.17) is 0 Å². The van der Waals surface area contributed by atoms with Crippen LogP contribution in [-0.2, 0) is 6.54 Å². The highest BCUT2D eigenvalue weighted by molar-refractivity contribution is 14.0. The van der Waals surface area contributed by atoms with Crippen molar-refractivity contribution in [3.63, 3.8) is 0 Å². The molecule has 6 nitrogen and oxygen atoms in total. The predicted molar refractivity (Wildman–Crippen MR) is 106 cm³/mol. The minimum absolute atomic E-state index is 0. The lowest BCUT2D eigenvalue weighted by molar-refractivity contribution is 0.167. The van der Waals surface area contributed by atoms with E-state index in [2.05, 4.69) is 43.9 Å². The second-order valence-corrected chi connectivity index (χ2v) is 6.20. The molecule has 0 unspecified atom stereocenters. The van der Waals surface area contributed by atoms with Crippen LogP contribution in [0.25, 0.3) is 0 Å². The molecule has 2 N–H and O–H groups in total. The van der Waals surface area contributed by atoms with E-state index < -0.39 is 0 Å². The summed E-state index contributed by atoms with van der Waals surface area (Å²) in [5.74, 6) is 0.925. The molecule has 0 atom stereocenters. The van der Waals surface area contributed by atoms with E-state index in [1.807, 2.05) is 25.8 Å². The topological polar surface area (TPSA) is 57.5 Å². The van der Waals surface area contributed by atoms with Crippen LogP contribution in [0.15, 0.2) is 23.7 Å². The average Bonchev–Trinajstić information content (AvgIpc) is 3.04. The SMILES string of the molecule is CN=C(NCCCn1ccnc1)NC1CCN(C(C)C)CC1.I. The molecule has 0 bridgehead atoms. The van der Waals surface area contributed by atoms with Gasteiger partial charge in [-0.1, -0.05) is 0 Å². The van der Waals surface area contributed by atoms with Gasteiger partial charge in [0.15, 0.2) is 5.96 Å². The summed E-state index contributed by atoms with van der Waals surface area (Å²) in [6, 6.07) is 1.19. The van der Waals surface area contributed by atoms with E-state index in [1.54, 1.807) is 0 Å². The Bertz CT molecular complexity index is 437. The Kier molecular flexibility index (Phi) is 9.54. The van der Waals surface area contributed by atoms with E-state index in [0.717, 1.165) is 25.5 Å².